The summed E-state index contributed by atoms with van der Waals surface area (Å²) in [6.45, 7) is 2.18. The minimum absolute atomic E-state index is 1.09. The van der Waals surface area contributed by atoms with Crippen molar-refractivity contribution in [2.45, 2.75) is 26.2 Å². The van der Waals surface area contributed by atoms with Crippen molar-refractivity contribution < 1.29 is 0 Å². The van der Waals surface area contributed by atoms with E-state index in [4.69, 9.17) is 0 Å². The summed E-state index contributed by atoms with van der Waals surface area (Å²) < 4.78 is 2.21. The molecule has 0 aliphatic heterocycles. The molecular formula is C15H14N2S. The fourth-order valence-electron chi connectivity index (χ4n) is 2.95. The van der Waals surface area contributed by atoms with Gasteiger partial charge >= 0.3 is 0 Å². The van der Waals surface area contributed by atoms with Crippen molar-refractivity contribution in [3.8, 4) is 11.3 Å². The number of thiazole rings is 1. The Kier molecular flexibility index (Phi) is 2.12. The maximum Gasteiger partial charge on any atom is 0.194 e. The van der Waals surface area contributed by atoms with E-state index in [1.54, 1.807) is 11.3 Å². The van der Waals surface area contributed by atoms with Gasteiger partial charge in [-0.1, -0.05) is 12.1 Å². The molecule has 0 radical (unpaired) electrons. The molecule has 3 heteroatoms. The summed E-state index contributed by atoms with van der Waals surface area (Å²) in [4.78, 5) is 6.81. The summed E-state index contributed by atoms with van der Waals surface area (Å²) in [7, 11) is 0. The lowest BCUT2D eigenvalue weighted by Gasteiger charge is -2.05. The second-order valence-corrected chi connectivity index (χ2v) is 6.11. The topological polar surface area (TPSA) is 17.3 Å². The van der Waals surface area contributed by atoms with E-state index in [2.05, 4.69) is 40.7 Å². The molecule has 0 spiro atoms. The zero-order valence-corrected chi connectivity index (χ0v) is 11.1. The van der Waals surface area contributed by atoms with Crippen molar-refractivity contribution in [3.05, 3.63) is 46.6 Å². The van der Waals surface area contributed by atoms with Gasteiger partial charge in [0.2, 0.25) is 0 Å². The maximum atomic E-state index is 4.38. The number of aryl methyl sites for hydroxylation is 3. The molecule has 2 nitrogen and oxygen atoms in total. The fraction of sp³-hybridized carbons (Fsp3) is 0.267. The van der Waals surface area contributed by atoms with Crippen molar-refractivity contribution in [1.82, 2.24) is 9.38 Å². The van der Waals surface area contributed by atoms with Crippen LogP contribution < -0.4 is 0 Å². The van der Waals surface area contributed by atoms with Crippen molar-refractivity contribution >= 4 is 16.3 Å². The summed E-state index contributed by atoms with van der Waals surface area (Å²) in [6.07, 6.45) is 7.73. The number of hydrogen-bond acceptors (Lipinski definition) is 2. The van der Waals surface area contributed by atoms with Gasteiger partial charge < -0.3 is 0 Å². The highest BCUT2D eigenvalue weighted by molar-refractivity contribution is 7.17. The first kappa shape index (κ1) is 10.3. The molecule has 0 saturated carbocycles. The number of hydrogen-bond donors (Lipinski definition) is 0. The van der Waals surface area contributed by atoms with Gasteiger partial charge in [-0.2, -0.15) is 0 Å². The average Bonchev–Trinajstić information content (AvgIpc) is 3.02. The number of benzene rings is 1. The molecule has 0 saturated heterocycles. The molecule has 0 amide bonds. The van der Waals surface area contributed by atoms with Gasteiger partial charge in [0.15, 0.2) is 4.96 Å². The van der Waals surface area contributed by atoms with Gasteiger partial charge in [0.05, 0.1) is 5.69 Å². The number of fused-ring (bicyclic) bond motifs is 2. The van der Waals surface area contributed by atoms with Crippen molar-refractivity contribution in [1.29, 1.82) is 0 Å². The van der Waals surface area contributed by atoms with Crippen molar-refractivity contribution in [2.24, 2.45) is 0 Å². The molecule has 1 aliphatic rings. The molecule has 1 aromatic carbocycles. The van der Waals surface area contributed by atoms with Crippen LogP contribution in [0.4, 0.5) is 0 Å². The molecule has 4 rings (SSSR count). The Balaban J connectivity index is 1.96. The molecule has 3 aromatic rings. The van der Waals surface area contributed by atoms with E-state index in [0.717, 1.165) is 4.96 Å². The van der Waals surface area contributed by atoms with Crippen molar-refractivity contribution in [3.63, 3.8) is 0 Å². The number of rotatable bonds is 1. The Morgan fingerprint density at radius 2 is 2.11 bits per heavy atom. The van der Waals surface area contributed by atoms with Crippen LogP contribution in [0.15, 0.2) is 30.6 Å². The third-order valence-corrected chi connectivity index (χ3v) is 4.78. The van der Waals surface area contributed by atoms with Crippen LogP contribution in [0.1, 0.15) is 22.4 Å². The molecule has 0 fully saturated rings. The fourth-order valence-corrected chi connectivity index (χ4v) is 3.90. The van der Waals surface area contributed by atoms with E-state index in [-0.39, 0.29) is 0 Å². The maximum absolute atomic E-state index is 4.38. The Morgan fingerprint density at radius 1 is 1.22 bits per heavy atom. The van der Waals surface area contributed by atoms with E-state index in [1.165, 1.54) is 46.5 Å². The van der Waals surface area contributed by atoms with Crippen molar-refractivity contribution in [2.75, 3.05) is 0 Å². The van der Waals surface area contributed by atoms with E-state index in [1.807, 2.05) is 6.20 Å². The molecule has 0 bridgehead atoms. The SMILES string of the molecule is Cc1sc2nccn2c1-c1ccc2c(c1)CCC2. The predicted molar refractivity (Wildman–Crippen MR) is 75.3 cm³/mol. The summed E-state index contributed by atoms with van der Waals surface area (Å²) in [5, 5.41) is 0. The minimum atomic E-state index is 1.09. The van der Waals surface area contributed by atoms with Gasteiger partial charge in [0.25, 0.3) is 0 Å². The Morgan fingerprint density at radius 3 is 3.06 bits per heavy atom. The smallest absolute Gasteiger partial charge is 0.194 e. The second-order valence-electron chi connectivity index (χ2n) is 4.92. The van der Waals surface area contributed by atoms with E-state index >= 15 is 0 Å². The monoisotopic (exact) mass is 254 g/mol. The standard InChI is InChI=1S/C15H14N2S/c1-10-14(17-8-7-16-15(17)18-10)13-6-5-11-3-2-4-12(11)9-13/h5-9H,2-4H2,1H3. The molecule has 1 aliphatic carbocycles. The number of nitrogens with zero attached hydrogens (tertiary/aromatic N) is 2. The van der Waals surface area contributed by atoms with Gasteiger partial charge in [-0.25, -0.2) is 4.98 Å². The van der Waals surface area contributed by atoms with Crippen LogP contribution in [-0.2, 0) is 12.8 Å². The van der Waals surface area contributed by atoms with Crippen LogP contribution in [0.3, 0.4) is 0 Å². The zero-order valence-electron chi connectivity index (χ0n) is 10.3. The van der Waals surface area contributed by atoms with E-state index < -0.39 is 0 Å². The largest absolute Gasteiger partial charge is 0.290 e. The third kappa shape index (κ3) is 1.37. The Hall–Kier alpha value is -1.61. The first-order chi connectivity index (χ1) is 8.83. The van der Waals surface area contributed by atoms with Crippen LogP contribution in [0.5, 0.6) is 0 Å². The third-order valence-electron chi connectivity index (χ3n) is 3.80. The van der Waals surface area contributed by atoms with Gasteiger partial charge in [-0.15, -0.1) is 11.3 Å². The molecule has 0 atom stereocenters. The van der Waals surface area contributed by atoms with Crippen LogP contribution in [0.2, 0.25) is 0 Å². The average molecular weight is 254 g/mol. The van der Waals surface area contributed by atoms with Crippen LogP contribution in [0, 0.1) is 6.92 Å². The van der Waals surface area contributed by atoms with Gasteiger partial charge in [0, 0.05) is 17.3 Å². The summed E-state index contributed by atoms with van der Waals surface area (Å²) in [6, 6.07) is 6.94. The van der Waals surface area contributed by atoms with E-state index in [0.29, 0.717) is 0 Å². The molecule has 2 aromatic heterocycles. The molecular weight excluding hydrogens is 240 g/mol. The lowest BCUT2D eigenvalue weighted by atomic mass is 10.0. The highest BCUT2D eigenvalue weighted by Crippen LogP contribution is 2.33. The predicted octanol–water partition coefficient (Wildman–Crippen LogP) is 3.86. The van der Waals surface area contributed by atoms with Gasteiger partial charge in [-0.3, -0.25) is 4.40 Å². The first-order valence-electron chi connectivity index (χ1n) is 6.37. The summed E-state index contributed by atoms with van der Waals surface area (Å²) >= 11 is 1.77. The molecule has 90 valence electrons. The van der Waals surface area contributed by atoms with Gasteiger partial charge in [0.1, 0.15) is 0 Å². The van der Waals surface area contributed by atoms with Crippen LogP contribution in [-0.4, -0.2) is 9.38 Å². The summed E-state index contributed by atoms with van der Waals surface area (Å²) in [5.74, 6) is 0. The Bertz CT molecular complexity index is 736. The number of aromatic nitrogens is 2. The second kappa shape index (κ2) is 3.69. The Labute approximate surface area is 110 Å². The number of imidazole rings is 1. The highest BCUT2D eigenvalue weighted by atomic mass is 32.1. The molecule has 18 heavy (non-hydrogen) atoms. The van der Waals surface area contributed by atoms with E-state index in [9.17, 15) is 0 Å². The summed E-state index contributed by atoms with van der Waals surface area (Å²) in [5.41, 5.74) is 5.71. The molecule has 0 N–H and O–H groups in total. The van der Waals surface area contributed by atoms with Gasteiger partial charge in [-0.05, 0) is 48.9 Å². The lowest BCUT2D eigenvalue weighted by Crippen LogP contribution is -1.89. The normalized spacial score (nSPS) is 14.3. The molecule has 0 unspecified atom stereocenters. The molecule has 2 heterocycles. The lowest BCUT2D eigenvalue weighted by molar-refractivity contribution is 0.912. The first-order valence-corrected chi connectivity index (χ1v) is 7.19. The zero-order chi connectivity index (χ0) is 12.1. The quantitative estimate of drug-likeness (QED) is 0.644. The van der Waals surface area contributed by atoms with Crippen LogP contribution >= 0.6 is 11.3 Å². The minimum Gasteiger partial charge on any atom is -0.290 e. The van der Waals surface area contributed by atoms with Crippen LogP contribution in [0.25, 0.3) is 16.2 Å². The highest BCUT2D eigenvalue weighted by Gasteiger charge is 2.15.